The molecule has 108 valence electrons. The SMILES string of the molecule is CCCCNc1nc(N)ncc1OCC1=NCC(C)=C1. The van der Waals surface area contributed by atoms with E-state index in [0.717, 1.165) is 31.6 Å². The molecule has 0 aromatic carbocycles. The van der Waals surface area contributed by atoms with Crippen LogP contribution in [0.5, 0.6) is 5.75 Å². The third kappa shape index (κ3) is 3.94. The zero-order valence-corrected chi connectivity index (χ0v) is 12.0. The Kier molecular flexibility index (Phi) is 4.92. The van der Waals surface area contributed by atoms with Crippen molar-refractivity contribution in [2.75, 3.05) is 30.7 Å². The van der Waals surface area contributed by atoms with Gasteiger partial charge in [0.25, 0.3) is 0 Å². The van der Waals surface area contributed by atoms with Gasteiger partial charge in [-0.05, 0) is 19.4 Å². The van der Waals surface area contributed by atoms with Crippen LogP contribution in [0, 0.1) is 0 Å². The summed E-state index contributed by atoms with van der Waals surface area (Å²) in [6, 6.07) is 0. The van der Waals surface area contributed by atoms with E-state index >= 15 is 0 Å². The number of ether oxygens (including phenoxy) is 1. The second kappa shape index (κ2) is 6.88. The third-order valence-corrected chi connectivity index (χ3v) is 2.92. The molecule has 2 rings (SSSR count). The van der Waals surface area contributed by atoms with Gasteiger partial charge in [0, 0.05) is 6.54 Å². The third-order valence-electron chi connectivity index (χ3n) is 2.92. The van der Waals surface area contributed by atoms with Gasteiger partial charge < -0.3 is 15.8 Å². The molecule has 20 heavy (non-hydrogen) atoms. The second-order valence-electron chi connectivity index (χ2n) is 4.81. The van der Waals surface area contributed by atoms with Gasteiger partial charge in [-0.2, -0.15) is 4.98 Å². The zero-order chi connectivity index (χ0) is 14.4. The number of nitrogens with two attached hydrogens (primary N) is 1. The molecule has 1 aromatic heterocycles. The molecule has 1 aromatic rings. The lowest BCUT2D eigenvalue weighted by atomic mass is 10.3. The molecule has 0 radical (unpaired) electrons. The molecule has 1 aliphatic heterocycles. The quantitative estimate of drug-likeness (QED) is 0.744. The summed E-state index contributed by atoms with van der Waals surface area (Å²) < 4.78 is 5.74. The van der Waals surface area contributed by atoms with Gasteiger partial charge in [-0.25, -0.2) is 4.98 Å². The predicted octanol–water partition coefficient (Wildman–Crippen LogP) is 2.05. The maximum Gasteiger partial charge on any atom is 0.222 e. The summed E-state index contributed by atoms with van der Waals surface area (Å²) in [6.45, 7) is 6.22. The van der Waals surface area contributed by atoms with Crippen molar-refractivity contribution in [1.82, 2.24) is 9.97 Å². The maximum atomic E-state index is 5.74. The van der Waals surface area contributed by atoms with E-state index in [1.54, 1.807) is 6.20 Å². The monoisotopic (exact) mass is 275 g/mol. The smallest absolute Gasteiger partial charge is 0.222 e. The van der Waals surface area contributed by atoms with E-state index in [1.807, 2.05) is 6.08 Å². The number of aliphatic imine (C=N–C) groups is 1. The van der Waals surface area contributed by atoms with Crippen LogP contribution in [-0.4, -0.2) is 35.4 Å². The first-order chi connectivity index (χ1) is 9.69. The van der Waals surface area contributed by atoms with Gasteiger partial charge in [-0.3, -0.25) is 4.99 Å². The number of aromatic nitrogens is 2. The molecular weight excluding hydrogens is 254 g/mol. The van der Waals surface area contributed by atoms with Gasteiger partial charge in [-0.15, -0.1) is 0 Å². The van der Waals surface area contributed by atoms with Gasteiger partial charge in [0.15, 0.2) is 11.6 Å². The average Bonchev–Trinajstić information content (AvgIpc) is 2.84. The molecule has 1 aliphatic rings. The van der Waals surface area contributed by atoms with Crippen molar-refractivity contribution in [2.45, 2.75) is 26.7 Å². The number of hydrogen-bond donors (Lipinski definition) is 2. The highest BCUT2D eigenvalue weighted by Gasteiger charge is 2.10. The Morgan fingerprint density at radius 3 is 3.00 bits per heavy atom. The summed E-state index contributed by atoms with van der Waals surface area (Å²) in [4.78, 5) is 12.5. The maximum absolute atomic E-state index is 5.74. The molecule has 6 nitrogen and oxygen atoms in total. The summed E-state index contributed by atoms with van der Waals surface area (Å²) >= 11 is 0. The standard InChI is InChI=1S/C14H21N5O/c1-3-4-5-16-13-12(8-18-14(15)19-13)20-9-11-6-10(2)7-17-11/h6,8H,3-5,7,9H2,1-2H3,(H3,15,16,18,19). The van der Waals surface area contributed by atoms with Crippen LogP contribution in [0.1, 0.15) is 26.7 Å². The van der Waals surface area contributed by atoms with E-state index < -0.39 is 0 Å². The normalized spacial score (nSPS) is 13.9. The minimum absolute atomic E-state index is 0.241. The molecule has 0 bridgehead atoms. The minimum Gasteiger partial charge on any atom is -0.482 e. The van der Waals surface area contributed by atoms with E-state index in [0.29, 0.717) is 18.2 Å². The van der Waals surface area contributed by atoms with Crippen LogP contribution in [-0.2, 0) is 0 Å². The topological polar surface area (TPSA) is 85.4 Å². The second-order valence-corrected chi connectivity index (χ2v) is 4.81. The van der Waals surface area contributed by atoms with Crippen molar-refractivity contribution in [3.63, 3.8) is 0 Å². The molecule has 0 spiro atoms. The van der Waals surface area contributed by atoms with Crippen molar-refractivity contribution < 1.29 is 4.74 Å². The van der Waals surface area contributed by atoms with Crippen LogP contribution < -0.4 is 15.8 Å². The van der Waals surface area contributed by atoms with E-state index in [1.165, 1.54) is 5.57 Å². The molecule has 0 fully saturated rings. The van der Waals surface area contributed by atoms with Gasteiger partial charge in [-0.1, -0.05) is 18.9 Å². The van der Waals surface area contributed by atoms with Gasteiger partial charge >= 0.3 is 0 Å². The molecule has 2 heterocycles. The van der Waals surface area contributed by atoms with Crippen molar-refractivity contribution in [3.05, 3.63) is 17.8 Å². The van der Waals surface area contributed by atoms with Crippen LogP contribution >= 0.6 is 0 Å². The molecule has 6 heteroatoms. The Balaban J connectivity index is 1.99. The summed E-state index contributed by atoms with van der Waals surface area (Å²) in [5.74, 6) is 1.49. The Morgan fingerprint density at radius 1 is 1.45 bits per heavy atom. The minimum atomic E-state index is 0.241. The van der Waals surface area contributed by atoms with Crippen molar-refractivity contribution in [3.8, 4) is 5.75 Å². The Hall–Kier alpha value is -2.11. The first-order valence-corrected chi connectivity index (χ1v) is 6.88. The van der Waals surface area contributed by atoms with Crippen molar-refractivity contribution in [2.24, 2.45) is 4.99 Å². The van der Waals surface area contributed by atoms with E-state index in [9.17, 15) is 0 Å². The number of unbranched alkanes of at least 4 members (excludes halogenated alkanes) is 1. The van der Waals surface area contributed by atoms with Crippen LogP contribution in [0.3, 0.4) is 0 Å². The number of nitrogen functional groups attached to an aromatic ring is 1. The van der Waals surface area contributed by atoms with Gasteiger partial charge in [0.1, 0.15) is 6.61 Å². The Labute approximate surface area is 119 Å². The van der Waals surface area contributed by atoms with Crippen LogP contribution in [0.2, 0.25) is 0 Å². The lowest BCUT2D eigenvalue weighted by molar-refractivity contribution is 0.376. The van der Waals surface area contributed by atoms with Crippen LogP contribution in [0.25, 0.3) is 0 Å². The molecule has 0 amide bonds. The van der Waals surface area contributed by atoms with Crippen LogP contribution in [0.4, 0.5) is 11.8 Å². The fraction of sp³-hybridized carbons (Fsp3) is 0.500. The summed E-state index contributed by atoms with van der Waals surface area (Å²) in [7, 11) is 0. The summed E-state index contributed by atoms with van der Waals surface area (Å²) in [6.07, 6.45) is 5.83. The van der Waals surface area contributed by atoms with Crippen LogP contribution in [0.15, 0.2) is 22.8 Å². The Bertz CT molecular complexity index is 524. The number of nitrogens with zero attached hydrogens (tertiary/aromatic N) is 3. The predicted molar refractivity (Wildman–Crippen MR) is 81.4 cm³/mol. The molecule has 0 atom stereocenters. The molecule has 3 N–H and O–H groups in total. The first-order valence-electron chi connectivity index (χ1n) is 6.88. The van der Waals surface area contributed by atoms with Gasteiger partial charge in [0.2, 0.25) is 5.95 Å². The fourth-order valence-electron chi connectivity index (χ4n) is 1.84. The van der Waals surface area contributed by atoms with Gasteiger partial charge in [0.05, 0.1) is 18.5 Å². The fourth-order valence-corrected chi connectivity index (χ4v) is 1.84. The largest absolute Gasteiger partial charge is 0.482 e. The highest BCUT2D eigenvalue weighted by Crippen LogP contribution is 2.22. The summed E-state index contributed by atoms with van der Waals surface area (Å²) in [5.41, 5.74) is 7.81. The number of nitrogens with one attached hydrogen (secondary N) is 1. The Morgan fingerprint density at radius 2 is 2.30 bits per heavy atom. The zero-order valence-electron chi connectivity index (χ0n) is 12.0. The first kappa shape index (κ1) is 14.3. The number of rotatable bonds is 7. The lowest BCUT2D eigenvalue weighted by Gasteiger charge is -2.11. The molecule has 0 saturated carbocycles. The molecule has 0 aliphatic carbocycles. The number of hydrogen-bond acceptors (Lipinski definition) is 6. The molecule has 0 saturated heterocycles. The van der Waals surface area contributed by atoms with E-state index in [2.05, 4.69) is 34.1 Å². The highest BCUT2D eigenvalue weighted by molar-refractivity contribution is 5.98. The van der Waals surface area contributed by atoms with Crippen molar-refractivity contribution >= 4 is 17.5 Å². The van der Waals surface area contributed by atoms with E-state index in [4.69, 9.17) is 10.5 Å². The highest BCUT2D eigenvalue weighted by atomic mass is 16.5. The number of anilines is 2. The average molecular weight is 275 g/mol. The molecular formula is C14H21N5O. The summed E-state index contributed by atoms with van der Waals surface area (Å²) in [5, 5.41) is 3.23. The van der Waals surface area contributed by atoms with Crippen molar-refractivity contribution in [1.29, 1.82) is 0 Å². The lowest BCUT2D eigenvalue weighted by Crippen LogP contribution is -2.12. The van der Waals surface area contributed by atoms with E-state index in [-0.39, 0.29) is 5.95 Å². The molecule has 0 unspecified atom stereocenters.